The molecule has 32 heavy (non-hydrogen) atoms. The highest BCUT2D eigenvalue weighted by Gasteiger charge is 2.23. The van der Waals surface area contributed by atoms with Gasteiger partial charge < -0.3 is 20.1 Å². The second-order valence-electron chi connectivity index (χ2n) is 7.99. The number of para-hydroxylation sites is 2. The van der Waals surface area contributed by atoms with Crippen molar-refractivity contribution in [3.8, 4) is 17.3 Å². The van der Waals surface area contributed by atoms with Crippen LogP contribution in [0.1, 0.15) is 5.56 Å². The smallest absolute Gasteiger partial charge is 0.231 e. The molecule has 9 heteroatoms. The number of benzene rings is 2. The third-order valence-corrected chi connectivity index (χ3v) is 6.04. The van der Waals surface area contributed by atoms with Crippen molar-refractivity contribution >= 4 is 22.5 Å². The summed E-state index contributed by atoms with van der Waals surface area (Å²) < 4.78 is 12.8. The maximum Gasteiger partial charge on any atom is 0.231 e. The molecule has 0 bridgehead atoms. The Bertz CT molecular complexity index is 1280. The Labute approximate surface area is 185 Å². The van der Waals surface area contributed by atoms with E-state index in [-0.39, 0.29) is 0 Å². The van der Waals surface area contributed by atoms with Gasteiger partial charge in [0.25, 0.3) is 0 Å². The molecule has 1 fully saturated rings. The van der Waals surface area contributed by atoms with Crippen LogP contribution in [0.2, 0.25) is 0 Å². The Morgan fingerprint density at radius 1 is 0.875 bits per heavy atom. The summed E-state index contributed by atoms with van der Waals surface area (Å²) in [6.45, 7) is 4.69. The second kappa shape index (κ2) is 7.69. The van der Waals surface area contributed by atoms with Gasteiger partial charge in [0.05, 0.1) is 11.0 Å². The molecular weight excluding hydrogens is 406 g/mol. The first kappa shape index (κ1) is 18.9. The molecule has 0 spiro atoms. The van der Waals surface area contributed by atoms with Gasteiger partial charge >= 0.3 is 0 Å². The maximum atomic E-state index is 6.55. The van der Waals surface area contributed by atoms with Crippen LogP contribution in [0.25, 0.3) is 16.9 Å². The molecule has 2 aromatic heterocycles. The van der Waals surface area contributed by atoms with Gasteiger partial charge in [0.1, 0.15) is 18.3 Å². The first-order valence-corrected chi connectivity index (χ1v) is 10.6. The van der Waals surface area contributed by atoms with Crippen molar-refractivity contribution in [3.63, 3.8) is 0 Å². The lowest BCUT2D eigenvalue weighted by molar-refractivity contribution is 0.174. The van der Waals surface area contributed by atoms with Crippen LogP contribution in [-0.2, 0) is 6.54 Å². The van der Waals surface area contributed by atoms with Crippen molar-refractivity contribution in [1.82, 2.24) is 24.4 Å². The predicted molar refractivity (Wildman–Crippen MR) is 121 cm³/mol. The van der Waals surface area contributed by atoms with E-state index in [0.29, 0.717) is 18.3 Å². The van der Waals surface area contributed by atoms with Crippen molar-refractivity contribution < 1.29 is 9.47 Å². The molecule has 2 N–H and O–H groups in total. The minimum Gasteiger partial charge on any atom is -0.454 e. The Kier molecular flexibility index (Phi) is 4.53. The first-order chi connectivity index (χ1) is 15.8. The number of ether oxygens (including phenoxy) is 2. The van der Waals surface area contributed by atoms with Gasteiger partial charge in [0, 0.05) is 32.7 Å². The van der Waals surface area contributed by atoms with Crippen LogP contribution in [0.5, 0.6) is 11.5 Å². The second-order valence-corrected chi connectivity index (χ2v) is 7.99. The van der Waals surface area contributed by atoms with Crippen LogP contribution in [-0.4, -0.2) is 57.4 Å². The minimum absolute atomic E-state index is 0.300. The summed E-state index contributed by atoms with van der Waals surface area (Å²) in [4.78, 5) is 18.1. The molecule has 9 nitrogen and oxygen atoms in total. The fourth-order valence-corrected chi connectivity index (χ4v) is 4.36. The molecule has 2 aliphatic heterocycles. The Balaban J connectivity index is 1.18. The number of nitrogen functional groups attached to an aromatic ring is 1. The SMILES string of the molecule is Nc1c(N2CCN(Cc3ccc4c(c3)OCO4)CC2)ncnc1-n1cnc2ccccc21. The van der Waals surface area contributed by atoms with Crippen LogP contribution in [0, 0.1) is 0 Å². The highest BCUT2D eigenvalue weighted by atomic mass is 16.7. The molecule has 0 amide bonds. The summed E-state index contributed by atoms with van der Waals surface area (Å²) in [5.74, 6) is 3.08. The lowest BCUT2D eigenvalue weighted by Crippen LogP contribution is -2.46. The quantitative estimate of drug-likeness (QED) is 0.529. The van der Waals surface area contributed by atoms with E-state index in [1.54, 1.807) is 12.7 Å². The average molecular weight is 429 g/mol. The molecule has 4 heterocycles. The van der Waals surface area contributed by atoms with E-state index in [4.69, 9.17) is 15.2 Å². The van der Waals surface area contributed by atoms with Gasteiger partial charge in [-0.2, -0.15) is 0 Å². The molecule has 162 valence electrons. The molecule has 1 saturated heterocycles. The molecule has 0 atom stereocenters. The molecular formula is C23H23N7O2. The first-order valence-electron chi connectivity index (χ1n) is 10.6. The number of anilines is 2. The molecule has 0 unspecified atom stereocenters. The number of nitrogens with zero attached hydrogens (tertiary/aromatic N) is 6. The molecule has 2 aromatic carbocycles. The normalized spacial score (nSPS) is 16.1. The monoisotopic (exact) mass is 429 g/mol. The van der Waals surface area contributed by atoms with Crippen molar-refractivity contribution in [2.45, 2.75) is 6.54 Å². The van der Waals surface area contributed by atoms with E-state index < -0.39 is 0 Å². The van der Waals surface area contributed by atoms with Crippen LogP contribution in [0.3, 0.4) is 0 Å². The molecule has 0 aliphatic carbocycles. The Morgan fingerprint density at radius 2 is 1.69 bits per heavy atom. The van der Waals surface area contributed by atoms with E-state index in [1.807, 2.05) is 34.9 Å². The van der Waals surface area contributed by atoms with Gasteiger partial charge in [0.2, 0.25) is 6.79 Å². The fraction of sp³-hybridized carbons (Fsp3) is 0.261. The number of imidazole rings is 1. The number of hydrogen-bond donors (Lipinski definition) is 1. The molecule has 2 aliphatic rings. The van der Waals surface area contributed by atoms with E-state index in [1.165, 1.54) is 5.56 Å². The molecule has 0 saturated carbocycles. The summed E-state index contributed by atoms with van der Waals surface area (Å²) >= 11 is 0. The summed E-state index contributed by atoms with van der Waals surface area (Å²) in [7, 11) is 0. The molecule has 6 rings (SSSR count). The topological polar surface area (TPSA) is 94.6 Å². The van der Waals surface area contributed by atoms with Crippen LogP contribution in [0.4, 0.5) is 11.5 Å². The summed E-state index contributed by atoms with van der Waals surface area (Å²) in [6.07, 6.45) is 3.34. The highest BCUT2D eigenvalue weighted by Crippen LogP contribution is 2.33. The third kappa shape index (κ3) is 3.27. The zero-order valence-electron chi connectivity index (χ0n) is 17.5. The largest absolute Gasteiger partial charge is 0.454 e. The number of hydrogen-bond acceptors (Lipinski definition) is 8. The maximum absolute atomic E-state index is 6.55. The lowest BCUT2D eigenvalue weighted by atomic mass is 10.1. The standard InChI is InChI=1S/C23H23N7O2/c24-21-22(25-13-26-23(21)30-14-27-17-3-1-2-4-18(17)30)29-9-7-28(8-10-29)12-16-5-6-19-20(11-16)32-15-31-19/h1-6,11,13-14H,7-10,12,15,24H2. The summed E-state index contributed by atoms with van der Waals surface area (Å²) in [5.41, 5.74) is 10.2. The number of piperazine rings is 1. The van der Waals surface area contributed by atoms with Gasteiger partial charge in [-0.05, 0) is 29.8 Å². The third-order valence-electron chi connectivity index (χ3n) is 6.04. The zero-order valence-corrected chi connectivity index (χ0v) is 17.5. The van der Waals surface area contributed by atoms with Gasteiger partial charge in [-0.3, -0.25) is 9.47 Å². The predicted octanol–water partition coefficient (Wildman–Crippen LogP) is 2.45. The van der Waals surface area contributed by atoms with Gasteiger partial charge in [0.15, 0.2) is 23.1 Å². The van der Waals surface area contributed by atoms with Gasteiger partial charge in [-0.1, -0.05) is 18.2 Å². The number of fused-ring (bicyclic) bond motifs is 2. The molecule has 4 aromatic rings. The number of nitrogens with two attached hydrogens (primary N) is 1. The number of rotatable bonds is 4. The van der Waals surface area contributed by atoms with Crippen LogP contribution < -0.4 is 20.1 Å². The van der Waals surface area contributed by atoms with Crippen LogP contribution in [0.15, 0.2) is 55.1 Å². The van der Waals surface area contributed by atoms with Crippen molar-refractivity contribution in [2.75, 3.05) is 43.6 Å². The summed E-state index contributed by atoms with van der Waals surface area (Å²) in [6, 6.07) is 14.1. The number of aromatic nitrogens is 4. The highest BCUT2D eigenvalue weighted by molar-refractivity contribution is 5.80. The van der Waals surface area contributed by atoms with Gasteiger partial charge in [-0.25, -0.2) is 15.0 Å². The van der Waals surface area contributed by atoms with Crippen LogP contribution >= 0.6 is 0 Å². The van der Waals surface area contributed by atoms with E-state index in [2.05, 4.69) is 36.9 Å². The Morgan fingerprint density at radius 3 is 2.59 bits per heavy atom. The Hall–Kier alpha value is -3.85. The minimum atomic E-state index is 0.300. The zero-order chi connectivity index (χ0) is 21.5. The van der Waals surface area contributed by atoms with Gasteiger partial charge in [-0.15, -0.1) is 0 Å². The lowest BCUT2D eigenvalue weighted by Gasteiger charge is -2.36. The van der Waals surface area contributed by atoms with E-state index >= 15 is 0 Å². The molecule has 0 radical (unpaired) electrons. The van der Waals surface area contributed by atoms with Crippen molar-refractivity contribution in [3.05, 3.63) is 60.7 Å². The van der Waals surface area contributed by atoms with E-state index in [9.17, 15) is 0 Å². The average Bonchev–Trinajstić information content (AvgIpc) is 3.47. The van der Waals surface area contributed by atoms with E-state index in [0.717, 1.165) is 61.1 Å². The fourth-order valence-electron chi connectivity index (χ4n) is 4.36. The van der Waals surface area contributed by atoms with Crippen molar-refractivity contribution in [2.24, 2.45) is 0 Å². The van der Waals surface area contributed by atoms with Crippen molar-refractivity contribution in [1.29, 1.82) is 0 Å². The summed E-state index contributed by atoms with van der Waals surface area (Å²) in [5, 5.41) is 0.